The highest BCUT2D eigenvalue weighted by atomic mass is 35.5. The van der Waals surface area contributed by atoms with Crippen LogP contribution in [0.5, 0.6) is 0 Å². The van der Waals surface area contributed by atoms with Gasteiger partial charge in [0.2, 0.25) is 0 Å². The number of hydrogen-bond donors (Lipinski definition) is 2. The summed E-state index contributed by atoms with van der Waals surface area (Å²) in [7, 11) is 1.77. The van der Waals surface area contributed by atoms with Gasteiger partial charge in [0, 0.05) is 11.4 Å². The quantitative estimate of drug-likeness (QED) is 0.721. The van der Waals surface area contributed by atoms with Gasteiger partial charge in [-0.2, -0.15) is 5.01 Å². The summed E-state index contributed by atoms with van der Waals surface area (Å²) in [4.78, 5) is 40.1. The van der Waals surface area contributed by atoms with Crippen molar-refractivity contribution in [2.24, 2.45) is 0 Å². The number of hydrogen-bond acceptors (Lipinski definition) is 5. The maximum absolute atomic E-state index is 12.8. The second kappa shape index (κ2) is 7.67. The first-order valence-electron chi connectivity index (χ1n) is 8.24. The zero-order valence-electron chi connectivity index (χ0n) is 14.9. The molecule has 2 N–H and O–H groups in total. The number of benzene rings is 1. The second-order valence-electron chi connectivity index (χ2n) is 6.47. The first-order valence-corrected chi connectivity index (χ1v) is 9.43. The van der Waals surface area contributed by atoms with Gasteiger partial charge in [0.1, 0.15) is 5.54 Å². The Bertz CT molecular complexity index is 873. The molecule has 1 aromatic heterocycles. The molecule has 1 aliphatic heterocycles. The topological polar surface area (TPSA) is 81.8 Å². The predicted molar refractivity (Wildman–Crippen MR) is 103 cm³/mol. The van der Waals surface area contributed by atoms with Crippen LogP contribution in [0, 0.1) is 0 Å². The van der Waals surface area contributed by atoms with Gasteiger partial charge in [-0.1, -0.05) is 41.9 Å². The lowest BCUT2D eigenvalue weighted by atomic mass is 9.92. The smallest absolute Gasteiger partial charge is 0.318 e. The highest BCUT2D eigenvalue weighted by Crippen LogP contribution is 2.27. The fourth-order valence-corrected chi connectivity index (χ4v) is 4.04. The Morgan fingerprint density at radius 1 is 1.26 bits per heavy atom. The van der Waals surface area contributed by atoms with Crippen molar-refractivity contribution in [3.05, 3.63) is 57.2 Å². The number of hydrazine groups is 1. The largest absolute Gasteiger partial charge is 0.344 e. The SMILES string of the molecule is CN(CC(=O)NN1C(=O)N[C@](C)(c2ccccc2)C1=O)Cc1ccc(Cl)s1. The van der Waals surface area contributed by atoms with Gasteiger partial charge in [-0.05, 0) is 31.7 Å². The molecule has 1 aromatic carbocycles. The van der Waals surface area contributed by atoms with E-state index in [1.54, 1.807) is 49.2 Å². The van der Waals surface area contributed by atoms with E-state index in [-0.39, 0.29) is 6.54 Å². The fourth-order valence-electron chi connectivity index (χ4n) is 2.87. The summed E-state index contributed by atoms with van der Waals surface area (Å²) < 4.78 is 0.683. The number of amides is 4. The van der Waals surface area contributed by atoms with Crippen molar-refractivity contribution in [2.75, 3.05) is 13.6 Å². The fraction of sp³-hybridized carbons (Fsp3) is 0.278. The first-order chi connectivity index (χ1) is 12.8. The minimum atomic E-state index is -1.22. The molecule has 7 nitrogen and oxygen atoms in total. The van der Waals surface area contributed by atoms with Crippen LogP contribution in [0.15, 0.2) is 42.5 Å². The van der Waals surface area contributed by atoms with E-state index in [0.29, 0.717) is 16.4 Å². The van der Waals surface area contributed by atoms with Crippen LogP contribution in [0.4, 0.5) is 4.79 Å². The molecule has 1 fully saturated rings. The molecule has 0 saturated carbocycles. The zero-order chi connectivity index (χ0) is 19.6. The average Bonchev–Trinajstić information content (AvgIpc) is 3.12. The molecule has 2 heterocycles. The molecule has 27 heavy (non-hydrogen) atoms. The Labute approximate surface area is 165 Å². The summed E-state index contributed by atoms with van der Waals surface area (Å²) in [6, 6.07) is 11.9. The van der Waals surface area contributed by atoms with Gasteiger partial charge in [-0.15, -0.1) is 11.3 Å². The monoisotopic (exact) mass is 406 g/mol. The number of nitrogens with one attached hydrogen (secondary N) is 2. The van der Waals surface area contributed by atoms with E-state index in [9.17, 15) is 14.4 Å². The van der Waals surface area contributed by atoms with Gasteiger partial charge >= 0.3 is 6.03 Å². The zero-order valence-corrected chi connectivity index (χ0v) is 16.4. The molecule has 3 rings (SSSR count). The van der Waals surface area contributed by atoms with Gasteiger partial charge in [0.05, 0.1) is 10.9 Å². The number of likely N-dealkylation sites (N-methyl/N-ethyl adjacent to an activating group) is 1. The Morgan fingerprint density at radius 2 is 1.96 bits per heavy atom. The normalized spacial score (nSPS) is 19.5. The van der Waals surface area contributed by atoms with Crippen molar-refractivity contribution in [2.45, 2.75) is 19.0 Å². The maximum atomic E-state index is 12.8. The van der Waals surface area contributed by atoms with Crippen LogP contribution in [0.25, 0.3) is 0 Å². The number of nitrogens with zero attached hydrogens (tertiary/aromatic N) is 2. The van der Waals surface area contributed by atoms with Gasteiger partial charge in [-0.3, -0.25) is 19.9 Å². The van der Waals surface area contributed by atoms with Crippen LogP contribution in [-0.4, -0.2) is 41.3 Å². The number of imide groups is 1. The molecule has 0 radical (unpaired) electrons. The lowest BCUT2D eigenvalue weighted by Gasteiger charge is -2.22. The Kier molecular flexibility index (Phi) is 5.50. The van der Waals surface area contributed by atoms with E-state index in [4.69, 9.17) is 11.6 Å². The minimum Gasteiger partial charge on any atom is -0.318 e. The van der Waals surface area contributed by atoms with Gasteiger partial charge < -0.3 is 5.32 Å². The van der Waals surface area contributed by atoms with E-state index in [0.717, 1.165) is 9.89 Å². The van der Waals surface area contributed by atoms with Crippen LogP contribution in [0.3, 0.4) is 0 Å². The summed E-state index contributed by atoms with van der Waals surface area (Å²) >= 11 is 7.34. The van der Waals surface area contributed by atoms with Gasteiger partial charge in [0.15, 0.2) is 0 Å². The summed E-state index contributed by atoms with van der Waals surface area (Å²) in [6.07, 6.45) is 0. The second-order valence-corrected chi connectivity index (χ2v) is 8.27. The molecule has 9 heteroatoms. The molecule has 2 aromatic rings. The number of urea groups is 1. The number of halogens is 1. The molecule has 1 saturated heterocycles. The Morgan fingerprint density at radius 3 is 2.59 bits per heavy atom. The van der Waals surface area contributed by atoms with Crippen molar-refractivity contribution in [1.82, 2.24) is 20.7 Å². The first kappa shape index (κ1) is 19.3. The lowest BCUT2D eigenvalue weighted by Crippen LogP contribution is -2.50. The van der Waals surface area contributed by atoms with E-state index in [1.807, 2.05) is 12.1 Å². The van der Waals surface area contributed by atoms with Crippen LogP contribution < -0.4 is 10.7 Å². The molecule has 142 valence electrons. The molecule has 0 aliphatic carbocycles. The van der Waals surface area contributed by atoms with Crippen LogP contribution in [-0.2, 0) is 21.7 Å². The molecular weight excluding hydrogens is 388 g/mol. The number of carbonyl (C=O) groups is 3. The summed E-state index contributed by atoms with van der Waals surface area (Å²) in [5.41, 5.74) is 1.82. The van der Waals surface area contributed by atoms with Crippen molar-refractivity contribution < 1.29 is 14.4 Å². The third-order valence-corrected chi connectivity index (χ3v) is 5.46. The van der Waals surface area contributed by atoms with Crippen molar-refractivity contribution in [1.29, 1.82) is 0 Å². The Balaban J connectivity index is 1.62. The number of thiophene rings is 1. The molecule has 0 spiro atoms. The highest BCUT2D eigenvalue weighted by molar-refractivity contribution is 7.16. The van der Waals surface area contributed by atoms with E-state index in [2.05, 4.69) is 10.7 Å². The van der Waals surface area contributed by atoms with E-state index >= 15 is 0 Å². The predicted octanol–water partition coefficient (Wildman–Crippen LogP) is 2.33. The van der Waals surface area contributed by atoms with Crippen molar-refractivity contribution >= 4 is 40.8 Å². The van der Waals surface area contributed by atoms with E-state index < -0.39 is 23.4 Å². The van der Waals surface area contributed by atoms with Crippen molar-refractivity contribution in [3.63, 3.8) is 0 Å². The average molecular weight is 407 g/mol. The number of rotatable bonds is 6. The maximum Gasteiger partial charge on any atom is 0.344 e. The lowest BCUT2D eigenvalue weighted by molar-refractivity contribution is -0.139. The number of carbonyl (C=O) groups excluding carboxylic acids is 3. The molecule has 0 unspecified atom stereocenters. The molecule has 0 bridgehead atoms. The van der Waals surface area contributed by atoms with E-state index in [1.165, 1.54) is 11.3 Å². The van der Waals surface area contributed by atoms with Crippen LogP contribution >= 0.6 is 22.9 Å². The standard InChI is InChI=1S/C18H19ClN4O3S/c1-18(12-6-4-3-5-7-12)16(25)23(17(26)20-18)21-15(24)11-22(2)10-13-8-9-14(19)27-13/h3-9H,10-11H2,1-2H3,(H,20,26)(H,21,24)/t18-/m1/s1. The summed E-state index contributed by atoms with van der Waals surface area (Å²) in [6.45, 7) is 2.17. The Hall–Kier alpha value is -2.42. The third-order valence-electron chi connectivity index (χ3n) is 4.25. The van der Waals surface area contributed by atoms with Gasteiger partial charge in [0.25, 0.3) is 11.8 Å². The minimum absolute atomic E-state index is 0.0225. The van der Waals surface area contributed by atoms with Crippen molar-refractivity contribution in [3.8, 4) is 0 Å². The molecule has 1 aliphatic rings. The summed E-state index contributed by atoms with van der Waals surface area (Å²) in [5.74, 6) is -0.985. The highest BCUT2D eigenvalue weighted by Gasteiger charge is 2.49. The van der Waals surface area contributed by atoms with Crippen LogP contribution in [0.1, 0.15) is 17.4 Å². The molecule has 4 amide bonds. The third kappa shape index (κ3) is 4.13. The molecular formula is C18H19ClN4O3S. The molecule has 1 atom stereocenters. The van der Waals surface area contributed by atoms with Crippen LogP contribution in [0.2, 0.25) is 4.34 Å². The summed E-state index contributed by atoms with van der Waals surface area (Å²) in [5, 5.41) is 3.39. The van der Waals surface area contributed by atoms with Gasteiger partial charge in [-0.25, -0.2) is 4.79 Å².